The van der Waals surface area contributed by atoms with Crippen molar-refractivity contribution in [3.05, 3.63) is 83.2 Å². The number of H-pyrrole nitrogens is 1. The number of hydrogen-bond acceptors (Lipinski definition) is 4. The minimum absolute atomic E-state index is 0.0245. The number of aromatic amines is 1. The van der Waals surface area contributed by atoms with Crippen molar-refractivity contribution in [2.75, 3.05) is 0 Å². The molecule has 0 amide bonds. The predicted molar refractivity (Wildman–Crippen MR) is 103 cm³/mol. The molecule has 1 atom stereocenters. The van der Waals surface area contributed by atoms with E-state index in [0.29, 0.717) is 30.5 Å². The number of hydrogen-bond donors (Lipinski definition) is 1. The smallest absolute Gasteiger partial charge is 0.204 e. The number of rotatable bonds is 3. The van der Waals surface area contributed by atoms with Crippen molar-refractivity contribution in [1.29, 1.82) is 0 Å². The molecule has 4 aromatic rings. The fourth-order valence-corrected chi connectivity index (χ4v) is 3.69. The van der Waals surface area contributed by atoms with Crippen LogP contribution in [0.5, 0.6) is 5.75 Å². The minimum atomic E-state index is -1.21. The molecule has 150 valence electrons. The zero-order valence-electron chi connectivity index (χ0n) is 15.6. The quantitative estimate of drug-likeness (QED) is 0.484. The summed E-state index contributed by atoms with van der Waals surface area (Å²) in [6.07, 6.45) is 0.415. The summed E-state index contributed by atoms with van der Waals surface area (Å²) in [6, 6.07) is 14.9. The molecule has 8 heteroatoms. The van der Waals surface area contributed by atoms with Gasteiger partial charge >= 0.3 is 0 Å². The Morgan fingerprint density at radius 3 is 2.50 bits per heavy atom. The number of nitrogens with zero attached hydrogens (tertiary/aromatic N) is 3. The molecular weight excluding hydrogens is 393 g/mol. The number of aromatic nitrogens is 4. The summed E-state index contributed by atoms with van der Waals surface area (Å²) in [4.78, 5) is 0. The minimum Gasteiger partial charge on any atom is -0.485 e. The maximum absolute atomic E-state index is 14.1. The van der Waals surface area contributed by atoms with Crippen molar-refractivity contribution < 1.29 is 17.9 Å². The van der Waals surface area contributed by atoms with Crippen molar-refractivity contribution in [1.82, 2.24) is 20.6 Å². The van der Waals surface area contributed by atoms with E-state index in [1.807, 2.05) is 42.5 Å². The average molecular weight is 408 g/mol. The number of benzene rings is 3. The molecule has 3 aromatic carbocycles. The van der Waals surface area contributed by atoms with E-state index in [-0.39, 0.29) is 5.56 Å². The van der Waals surface area contributed by atoms with Gasteiger partial charge in [-0.1, -0.05) is 24.3 Å². The Bertz CT molecular complexity index is 1230. The zero-order valence-corrected chi connectivity index (χ0v) is 15.6. The van der Waals surface area contributed by atoms with Crippen LogP contribution in [0.4, 0.5) is 13.2 Å². The van der Waals surface area contributed by atoms with E-state index in [0.717, 1.165) is 28.3 Å². The molecule has 1 aromatic heterocycles. The molecule has 2 heterocycles. The Morgan fingerprint density at radius 2 is 1.67 bits per heavy atom. The standard InChI is InChI=1S/C22H15F3N4O/c23-17-11-19(25)18(24)10-16(17)21-7-5-14-8-13(4-6-20(14)30-21)12-2-1-3-15(9-12)22-26-28-29-27-22/h1-4,6,8-11,21H,5,7H2,(H,26,27,28,29). The molecule has 1 unspecified atom stereocenters. The lowest BCUT2D eigenvalue weighted by Gasteiger charge is -2.27. The van der Waals surface area contributed by atoms with Gasteiger partial charge in [-0.3, -0.25) is 0 Å². The summed E-state index contributed by atoms with van der Waals surface area (Å²) in [5.74, 6) is -1.99. The zero-order chi connectivity index (χ0) is 20.7. The number of fused-ring (bicyclic) bond motifs is 1. The van der Waals surface area contributed by atoms with Crippen LogP contribution >= 0.6 is 0 Å². The molecule has 1 N–H and O–H groups in total. The van der Waals surface area contributed by atoms with E-state index in [9.17, 15) is 13.2 Å². The number of nitrogens with one attached hydrogen (secondary N) is 1. The molecule has 30 heavy (non-hydrogen) atoms. The number of halogens is 3. The van der Waals surface area contributed by atoms with Gasteiger partial charge in [-0.05, 0) is 59.0 Å². The van der Waals surface area contributed by atoms with Gasteiger partial charge < -0.3 is 4.74 Å². The highest BCUT2D eigenvalue weighted by Gasteiger charge is 2.25. The fraction of sp³-hybridized carbons (Fsp3) is 0.136. The molecule has 5 rings (SSSR count). The Labute approximate surface area is 169 Å². The van der Waals surface area contributed by atoms with Gasteiger partial charge in [-0.25, -0.2) is 13.2 Å². The lowest BCUT2D eigenvalue weighted by Crippen LogP contribution is -2.17. The van der Waals surface area contributed by atoms with Gasteiger partial charge in [0.15, 0.2) is 11.6 Å². The van der Waals surface area contributed by atoms with Crippen LogP contribution in [0.1, 0.15) is 23.7 Å². The van der Waals surface area contributed by atoms with E-state index in [1.165, 1.54) is 0 Å². The second kappa shape index (κ2) is 7.29. The lowest BCUT2D eigenvalue weighted by molar-refractivity contribution is 0.171. The Morgan fingerprint density at radius 1 is 0.867 bits per heavy atom. The molecule has 0 radical (unpaired) electrons. The molecule has 0 spiro atoms. The van der Waals surface area contributed by atoms with Crippen molar-refractivity contribution >= 4 is 0 Å². The SMILES string of the molecule is Fc1cc(F)c(C2CCc3cc(-c4cccc(-c5nn[nH]n5)c4)ccc3O2)cc1F. The van der Waals surface area contributed by atoms with Crippen molar-refractivity contribution in [2.24, 2.45) is 0 Å². The van der Waals surface area contributed by atoms with Crippen molar-refractivity contribution in [3.63, 3.8) is 0 Å². The van der Waals surface area contributed by atoms with E-state index in [2.05, 4.69) is 20.6 Å². The molecule has 5 nitrogen and oxygen atoms in total. The van der Waals surface area contributed by atoms with Gasteiger partial charge in [-0.2, -0.15) is 5.21 Å². The highest BCUT2D eigenvalue weighted by atomic mass is 19.2. The van der Waals surface area contributed by atoms with E-state index < -0.39 is 23.6 Å². The first-order valence-electron chi connectivity index (χ1n) is 9.37. The summed E-state index contributed by atoms with van der Waals surface area (Å²) in [5.41, 5.74) is 3.80. The van der Waals surface area contributed by atoms with Gasteiger partial charge in [0, 0.05) is 17.2 Å². The highest BCUT2D eigenvalue weighted by molar-refractivity contribution is 5.71. The summed E-state index contributed by atoms with van der Waals surface area (Å²) in [5, 5.41) is 14.0. The largest absolute Gasteiger partial charge is 0.485 e. The predicted octanol–water partition coefficient (Wildman–Crippen LogP) is 5.02. The third kappa shape index (κ3) is 3.30. The summed E-state index contributed by atoms with van der Waals surface area (Å²) >= 11 is 0. The second-order valence-corrected chi connectivity index (χ2v) is 7.07. The van der Waals surface area contributed by atoms with Crippen LogP contribution < -0.4 is 4.74 Å². The van der Waals surface area contributed by atoms with Gasteiger partial charge in [0.25, 0.3) is 0 Å². The van der Waals surface area contributed by atoms with Crippen molar-refractivity contribution in [3.8, 4) is 28.3 Å². The number of aryl methyl sites for hydroxylation is 1. The number of ether oxygens (including phenoxy) is 1. The summed E-state index contributed by atoms with van der Waals surface area (Å²) in [7, 11) is 0. The van der Waals surface area contributed by atoms with E-state index >= 15 is 0 Å². The van der Waals surface area contributed by atoms with Crippen LogP contribution in [-0.4, -0.2) is 20.6 Å². The van der Waals surface area contributed by atoms with E-state index in [4.69, 9.17) is 4.74 Å². The molecule has 0 fully saturated rings. The van der Waals surface area contributed by atoms with Crippen LogP contribution in [0.15, 0.2) is 54.6 Å². The topological polar surface area (TPSA) is 63.7 Å². The average Bonchev–Trinajstić information content (AvgIpc) is 3.31. The second-order valence-electron chi connectivity index (χ2n) is 7.07. The summed E-state index contributed by atoms with van der Waals surface area (Å²) < 4.78 is 46.8. The van der Waals surface area contributed by atoms with E-state index in [1.54, 1.807) is 0 Å². The molecule has 0 saturated carbocycles. The van der Waals surface area contributed by atoms with Crippen LogP contribution in [-0.2, 0) is 6.42 Å². The summed E-state index contributed by atoms with van der Waals surface area (Å²) in [6.45, 7) is 0. The first-order valence-corrected chi connectivity index (χ1v) is 9.37. The molecule has 0 saturated heterocycles. The number of tetrazole rings is 1. The molecule has 1 aliphatic heterocycles. The van der Waals surface area contributed by atoms with Crippen LogP contribution in [0, 0.1) is 17.5 Å². The lowest BCUT2D eigenvalue weighted by atomic mass is 9.94. The van der Waals surface area contributed by atoms with Crippen molar-refractivity contribution in [2.45, 2.75) is 18.9 Å². The highest BCUT2D eigenvalue weighted by Crippen LogP contribution is 2.38. The molecular formula is C22H15F3N4O. The first kappa shape index (κ1) is 18.4. The first-order chi connectivity index (χ1) is 14.6. The van der Waals surface area contributed by atoms with Crippen LogP contribution in [0.3, 0.4) is 0 Å². The Kier molecular flexibility index (Phi) is 4.46. The van der Waals surface area contributed by atoms with Gasteiger partial charge in [0.2, 0.25) is 5.82 Å². The maximum Gasteiger partial charge on any atom is 0.204 e. The monoisotopic (exact) mass is 408 g/mol. The third-order valence-corrected chi connectivity index (χ3v) is 5.19. The molecule has 0 aliphatic carbocycles. The Hall–Kier alpha value is -3.68. The Balaban J connectivity index is 1.43. The maximum atomic E-state index is 14.1. The van der Waals surface area contributed by atoms with Crippen LogP contribution in [0.2, 0.25) is 0 Å². The van der Waals surface area contributed by atoms with Crippen LogP contribution in [0.25, 0.3) is 22.5 Å². The molecule has 1 aliphatic rings. The third-order valence-electron chi connectivity index (χ3n) is 5.19. The van der Waals surface area contributed by atoms with Gasteiger partial charge in [0.05, 0.1) is 0 Å². The molecule has 0 bridgehead atoms. The van der Waals surface area contributed by atoms with Gasteiger partial charge in [-0.15, -0.1) is 10.2 Å². The fourth-order valence-electron chi connectivity index (χ4n) is 3.69. The normalized spacial score (nSPS) is 15.5. The van der Waals surface area contributed by atoms with Gasteiger partial charge in [0.1, 0.15) is 17.7 Å².